The molecule has 0 aliphatic rings. The Hall–Kier alpha value is -2.10. The predicted molar refractivity (Wildman–Crippen MR) is 92.9 cm³/mol. The maximum atomic E-state index is 12.3. The van der Waals surface area contributed by atoms with Crippen LogP contribution in [0.2, 0.25) is 0 Å². The highest BCUT2D eigenvalue weighted by Crippen LogP contribution is 2.31. The lowest BCUT2D eigenvalue weighted by atomic mass is 10.2. The highest BCUT2D eigenvalue weighted by molar-refractivity contribution is 9.11. The molecule has 1 amide bonds. The summed E-state index contributed by atoms with van der Waals surface area (Å²) in [4.78, 5) is 17.3. The van der Waals surface area contributed by atoms with Crippen LogP contribution in [0.25, 0.3) is 21.0 Å². The van der Waals surface area contributed by atoms with Gasteiger partial charge in [-0.25, -0.2) is 4.98 Å². The van der Waals surface area contributed by atoms with Gasteiger partial charge in [-0.05, 0) is 46.3 Å². The molecule has 114 valence electrons. The average molecular weight is 407 g/mol. The summed E-state index contributed by atoms with van der Waals surface area (Å²) in [5.41, 5.74) is 3.13. The second-order valence-corrected chi connectivity index (χ2v) is 7.85. The summed E-state index contributed by atoms with van der Waals surface area (Å²) in [5.74, 6) is 0.0665. The van der Waals surface area contributed by atoms with E-state index in [0.29, 0.717) is 11.5 Å². The van der Waals surface area contributed by atoms with Gasteiger partial charge in [-0.1, -0.05) is 5.10 Å². The number of thiophene rings is 1. The molecule has 1 aromatic carbocycles. The van der Waals surface area contributed by atoms with Crippen LogP contribution >= 0.6 is 38.6 Å². The van der Waals surface area contributed by atoms with Crippen molar-refractivity contribution in [3.8, 4) is 10.8 Å². The van der Waals surface area contributed by atoms with E-state index >= 15 is 0 Å². The molecule has 0 aliphatic carbocycles. The number of carbonyl (C=O) groups is 1. The van der Waals surface area contributed by atoms with Gasteiger partial charge in [0.05, 0.1) is 24.4 Å². The molecular formula is C14H7BrN4O2S2. The molecule has 4 aromatic rings. The van der Waals surface area contributed by atoms with Crippen molar-refractivity contribution >= 4 is 60.7 Å². The lowest BCUT2D eigenvalue weighted by Gasteiger charge is -2.00. The number of nitrogens with one attached hydrogen (secondary N) is 1. The minimum Gasteiger partial charge on any atom is -0.402 e. The van der Waals surface area contributed by atoms with Crippen LogP contribution in [0.4, 0.5) is 6.01 Å². The SMILES string of the molecule is O=C(Nc1nnc(-c2ccc(Br)s2)o1)c1ccc2ncsc2c1. The topological polar surface area (TPSA) is 80.9 Å². The van der Waals surface area contributed by atoms with Crippen LogP contribution in [0, 0.1) is 0 Å². The van der Waals surface area contributed by atoms with Crippen molar-refractivity contribution in [2.75, 3.05) is 5.32 Å². The third kappa shape index (κ3) is 2.90. The van der Waals surface area contributed by atoms with Crippen molar-refractivity contribution in [1.82, 2.24) is 15.2 Å². The number of amides is 1. The summed E-state index contributed by atoms with van der Waals surface area (Å²) in [6.07, 6.45) is 0. The van der Waals surface area contributed by atoms with E-state index in [1.54, 1.807) is 17.6 Å². The summed E-state index contributed by atoms with van der Waals surface area (Å²) >= 11 is 6.34. The number of nitrogens with zero attached hydrogens (tertiary/aromatic N) is 3. The van der Waals surface area contributed by atoms with Crippen LogP contribution in [0.1, 0.15) is 10.4 Å². The van der Waals surface area contributed by atoms with Crippen molar-refractivity contribution in [3.63, 3.8) is 0 Å². The minimum atomic E-state index is -0.303. The Labute approximate surface area is 146 Å². The van der Waals surface area contributed by atoms with Gasteiger partial charge in [0.15, 0.2) is 0 Å². The molecule has 0 saturated heterocycles. The van der Waals surface area contributed by atoms with E-state index in [1.807, 2.05) is 18.2 Å². The van der Waals surface area contributed by atoms with Crippen LogP contribution < -0.4 is 5.32 Å². The maximum Gasteiger partial charge on any atom is 0.322 e. The molecule has 3 heterocycles. The molecule has 0 unspecified atom stereocenters. The Kier molecular flexibility index (Phi) is 3.68. The van der Waals surface area contributed by atoms with E-state index in [4.69, 9.17) is 4.42 Å². The fourth-order valence-corrected chi connectivity index (χ4v) is 3.99. The second-order valence-electron chi connectivity index (χ2n) is 4.51. The number of anilines is 1. The summed E-state index contributed by atoms with van der Waals surface area (Å²) < 4.78 is 7.39. The maximum absolute atomic E-state index is 12.3. The monoisotopic (exact) mass is 406 g/mol. The van der Waals surface area contributed by atoms with Crippen molar-refractivity contribution in [1.29, 1.82) is 0 Å². The average Bonchev–Trinajstić information content (AvgIpc) is 3.26. The third-order valence-corrected chi connectivity index (χ3v) is 5.43. The smallest absolute Gasteiger partial charge is 0.322 e. The number of hydrogen-bond donors (Lipinski definition) is 1. The summed E-state index contributed by atoms with van der Waals surface area (Å²) in [6, 6.07) is 9.14. The zero-order valence-electron chi connectivity index (χ0n) is 11.3. The highest BCUT2D eigenvalue weighted by atomic mass is 79.9. The van der Waals surface area contributed by atoms with Crippen LogP contribution in [0.15, 0.2) is 44.0 Å². The second kappa shape index (κ2) is 5.84. The summed E-state index contributed by atoms with van der Waals surface area (Å²) in [6.45, 7) is 0. The molecule has 6 nitrogen and oxygen atoms in total. The van der Waals surface area contributed by atoms with Crippen molar-refractivity contribution in [2.24, 2.45) is 0 Å². The van der Waals surface area contributed by atoms with Gasteiger partial charge in [0.1, 0.15) is 0 Å². The molecule has 3 aromatic heterocycles. The first-order valence-electron chi connectivity index (χ1n) is 6.43. The van der Waals surface area contributed by atoms with E-state index in [9.17, 15) is 4.79 Å². The Morgan fingerprint density at radius 1 is 1.22 bits per heavy atom. The third-order valence-electron chi connectivity index (χ3n) is 3.02. The molecule has 0 saturated carbocycles. The number of halogens is 1. The van der Waals surface area contributed by atoms with Crippen LogP contribution in [-0.2, 0) is 0 Å². The summed E-state index contributed by atoms with van der Waals surface area (Å²) in [5, 5.41) is 10.4. The van der Waals surface area contributed by atoms with Crippen molar-refractivity contribution in [3.05, 3.63) is 45.2 Å². The van der Waals surface area contributed by atoms with Gasteiger partial charge in [0.25, 0.3) is 11.8 Å². The quantitative estimate of drug-likeness (QED) is 0.544. The van der Waals surface area contributed by atoms with Gasteiger partial charge in [0, 0.05) is 5.56 Å². The molecule has 23 heavy (non-hydrogen) atoms. The zero-order chi connectivity index (χ0) is 15.8. The predicted octanol–water partition coefficient (Wildman–Crippen LogP) is 4.42. The van der Waals surface area contributed by atoms with Gasteiger partial charge in [-0.2, -0.15) is 0 Å². The fourth-order valence-electron chi connectivity index (χ4n) is 1.97. The Balaban J connectivity index is 1.55. The van der Waals surface area contributed by atoms with Gasteiger partial charge < -0.3 is 4.42 Å². The molecule has 1 N–H and O–H groups in total. The number of rotatable bonds is 3. The molecule has 0 bridgehead atoms. The normalized spacial score (nSPS) is 11.0. The molecule has 4 rings (SSSR count). The van der Waals surface area contributed by atoms with Crippen molar-refractivity contribution in [2.45, 2.75) is 0 Å². The van der Waals surface area contributed by atoms with Gasteiger partial charge in [-0.3, -0.25) is 10.1 Å². The lowest BCUT2D eigenvalue weighted by Crippen LogP contribution is -2.11. The van der Waals surface area contributed by atoms with Crippen LogP contribution in [-0.4, -0.2) is 21.1 Å². The van der Waals surface area contributed by atoms with E-state index in [2.05, 4.69) is 36.4 Å². The first kappa shape index (κ1) is 14.5. The Morgan fingerprint density at radius 3 is 2.96 bits per heavy atom. The number of aromatic nitrogens is 3. The first-order valence-corrected chi connectivity index (χ1v) is 8.92. The van der Waals surface area contributed by atoms with Crippen molar-refractivity contribution < 1.29 is 9.21 Å². The number of carbonyl (C=O) groups excluding carboxylic acids is 1. The van der Waals surface area contributed by atoms with Crippen LogP contribution in [0.5, 0.6) is 0 Å². The standard InChI is InChI=1S/C14H7BrN4O2S2/c15-11-4-3-9(23-11)13-18-19-14(21-13)17-12(20)7-1-2-8-10(5-7)22-6-16-8/h1-6H,(H,17,19,20). The zero-order valence-corrected chi connectivity index (χ0v) is 14.5. The number of hydrogen-bond acceptors (Lipinski definition) is 7. The molecule has 0 atom stereocenters. The molecule has 0 spiro atoms. The largest absolute Gasteiger partial charge is 0.402 e. The highest BCUT2D eigenvalue weighted by Gasteiger charge is 2.14. The Bertz CT molecular complexity index is 1010. The summed E-state index contributed by atoms with van der Waals surface area (Å²) in [7, 11) is 0. The van der Waals surface area contributed by atoms with Crippen LogP contribution in [0.3, 0.4) is 0 Å². The van der Waals surface area contributed by atoms with Gasteiger partial charge in [-0.15, -0.1) is 27.8 Å². The molecule has 0 fully saturated rings. The van der Waals surface area contributed by atoms with E-state index < -0.39 is 0 Å². The number of thiazole rings is 1. The number of fused-ring (bicyclic) bond motifs is 1. The molecule has 0 aliphatic heterocycles. The van der Waals surface area contributed by atoms with Gasteiger partial charge in [0.2, 0.25) is 0 Å². The lowest BCUT2D eigenvalue weighted by molar-refractivity contribution is 0.102. The van der Waals surface area contributed by atoms with E-state index in [-0.39, 0.29) is 11.9 Å². The van der Waals surface area contributed by atoms with E-state index in [1.165, 1.54) is 22.7 Å². The Morgan fingerprint density at radius 2 is 2.13 bits per heavy atom. The first-order chi connectivity index (χ1) is 11.2. The van der Waals surface area contributed by atoms with Gasteiger partial charge >= 0.3 is 6.01 Å². The van der Waals surface area contributed by atoms with E-state index in [0.717, 1.165) is 18.9 Å². The fraction of sp³-hybridized carbons (Fsp3) is 0. The minimum absolute atomic E-state index is 0.0684. The number of benzene rings is 1. The molecule has 9 heteroatoms. The molecule has 0 radical (unpaired) electrons. The molecular weight excluding hydrogens is 400 g/mol.